The number of fused-ring (bicyclic) bond motifs is 1. The van der Waals surface area contributed by atoms with Crippen LogP contribution in [0.3, 0.4) is 0 Å². The SMILES string of the molecule is CN(C)CCN(Cc1ccc(Br)cc1)C(=O)Nc1cccc2cccnc12. The van der Waals surface area contributed by atoms with Gasteiger partial charge in [0.25, 0.3) is 0 Å². The van der Waals surface area contributed by atoms with E-state index in [-0.39, 0.29) is 6.03 Å². The summed E-state index contributed by atoms with van der Waals surface area (Å²) in [6.45, 7) is 1.97. The molecule has 1 N–H and O–H groups in total. The first-order valence-corrected chi connectivity index (χ1v) is 9.61. The van der Waals surface area contributed by atoms with Gasteiger partial charge in [0.1, 0.15) is 0 Å². The maximum Gasteiger partial charge on any atom is 0.322 e. The number of nitrogens with one attached hydrogen (secondary N) is 1. The number of pyridine rings is 1. The van der Waals surface area contributed by atoms with Crippen molar-refractivity contribution in [3.8, 4) is 0 Å². The number of halogens is 1. The quantitative estimate of drug-likeness (QED) is 0.626. The Balaban J connectivity index is 1.79. The summed E-state index contributed by atoms with van der Waals surface area (Å²) in [5.41, 5.74) is 2.61. The van der Waals surface area contributed by atoms with Crippen LogP contribution in [0, 0.1) is 0 Å². The third-order valence-electron chi connectivity index (χ3n) is 4.27. The smallest absolute Gasteiger partial charge is 0.319 e. The van der Waals surface area contributed by atoms with Gasteiger partial charge in [0.15, 0.2) is 0 Å². The van der Waals surface area contributed by atoms with E-state index < -0.39 is 0 Å². The molecule has 27 heavy (non-hydrogen) atoms. The van der Waals surface area contributed by atoms with Crippen molar-refractivity contribution in [2.24, 2.45) is 0 Å². The Morgan fingerprint density at radius 2 is 1.78 bits per heavy atom. The largest absolute Gasteiger partial charge is 0.322 e. The number of benzene rings is 2. The number of nitrogens with zero attached hydrogens (tertiary/aromatic N) is 3. The molecular formula is C21H23BrN4O. The fourth-order valence-electron chi connectivity index (χ4n) is 2.78. The third kappa shape index (κ3) is 5.28. The van der Waals surface area contributed by atoms with Crippen molar-refractivity contribution >= 4 is 38.6 Å². The van der Waals surface area contributed by atoms with Crippen LogP contribution in [-0.4, -0.2) is 48.0 Å². The number of urea groups is 1. The van der Waals surface area contributed by atoms with Gasteiger partial charge < -0.3 is 15.1 Å². The molecule has 3 aromatic rings. The average molecular weight is 427 g/mol. The summed E-state index contributed by atoms with van der Waals surface area (Å²) >= 11 is 3.45. The summed E-state index contributed by atoms with van der Waals surface area (Å²) in [7, 11) is 4.01. The lowest BCUT2D eigenvalue weighted by Gasteiger charge is -2.25. The lowest BCUT2D eigenvalue weighted by molar-refractivity contribution is 0.202. The summed E-state index contributed by atoms with van der Waals surface area (Å²) in [4.78, 5) is 21.3. The number of rotatable bonds is 6. The molecule has 2 aromatic carbocycles. The van der Waals surface area contributed by atoms with Gasteiger partial charge in [-0.25, -0.2) is 4.79 Å². The zero-order valence-corrected chi connectivity index (χ0v) is 17.1. The number of amides is 2. The maximum absolute atomic E-state index is 13.0. The molecule has 0 unspecified atom stereocenters. The molecular weight excluding hydrogens is 404 g/mol. The summed E-state index contributed by atoms with van der Waals surface area (Å²) in [5, 5.41) is 4.04. The Kier molecular flexibility index (Phi) is 6.42. The van der Waals surface area contributed by atoms with E-state index in [4.69, 9.17) is 0 Å². The lowest BCUT2D eigenvalue weighted by atomic mass is 10.2. The first-order valence-electron chi connectivity index (χ1n) is 8.82. The van der Waals surface area contributed by atoms with Gasteiger partial charge in [0.2, 0.25) is 0 Å². The molecule has 0 saturated carbocycles. The number of para-hydroxylation sites is 1. The fraction of sp³-hybridized carbons (Fsp3) is 0.238. The number of hydrogen-bond donors (Lipinski definition) is 1. The van der Waals surface area contributed by atoms with E-state index in [1.54, 1.807) is 6.20 Å². The monoisotopic (exact) mass is 426 g/mol. The van der Waals surface area contributed by atoms with Gasteiger partial charge >= 0.3 is 6.03 Å². The van der Waals surface area contributed by atoms with Crippen LogP contribution in [-0.2, 0) is 6.54 Å². The van der Waals surface area contributed by atoms with Crippen molar-refractivity contribution < 1.29 is 4.79 Å². The van der Waals surface area contributed by atoms with E-state index in [1.165, 1.54) is 0 Å². The van der Waals surface area contributed by atoms with Crippen LogP contribution in [0.5, 0.6) is 0 Å². The Morgan fingerprint density at radius 3 is 2.52 bits per heavy atom. The minimum Gasteiger partial charge on any atom is -0.319 e. The molecule has 0 aliphatic carbocycles. The van der Waals surface area contributed by atoms with Crippen molar-refractivity contribution in [2.45, 2.75) is 6.54 Å². The van der Waals surface area contributed by atoms with Crippen LogP contribution in [0.2, 0.25) is 0 Å². The van der Waals surface area contributed by atoms with Gasteiger partial charge in [-0.3, -0.25) is 4.98 Å². The van der Waals surface area contributed by atoms with Gasteiger partial charge in [0, 0.05) is 35.7 Å². The van der Waals surface area contributed by atoms with Crippen LogP contribution >= 0.6 is 15.9 Å². The fourth-order valence-corrected chi connectivity index (χ4v) is 3.05. The zero-order valence-electron chi connectivity index (χ0n) is 15.5. The van der Waals surface area contributed by atoms with Gasteiger partial charge in [0.05, 0.1) is 11.2 Å². The van der Waals surface area contributed by atoms with Crippen molar-refractivity contribution in [1.29, 1.82) is 0 Å². The van der Waals surface area contributed by atoms with Crippen LogP contribution in [0.4, 0.5) is 10.5 Å². The lowest BCUT2D eigenvalue weighted by Crippen LogP contribution is -2.39. The Morgan fingerprint density at radius 1 is 1.04 bits per heavy atom. The molecule has 0 aliphatic heterocycles. The second-order valence-corrected chi connectivity index (χ2v) is 7.58. The molecule has 0 atom stereocenters. The number of hydrogen-bond acceptors (Lipinski definition) is 3. The van der Waals surface area contributed by atoms with E-state index in [1.807, 2.05) is 73.6 Å². The normalized spacial score (nSPS) is 11.0. The highest BCUT2D eigenvalue weighted by Crippen LogP contribution is 2.21. The van der Waals surface area contributed by atoms with Crippen LogP contribution < -0.4 is 5.32 Å². The summed E-state index contributed by atoms with van der Waals surface area (Å²) in [6, 6.07) is 17.6. The maximum atomic E-state index is 13.0. The molecule has 6 heteroatoms. The minimum absolute atomic E-state index is 0.127. The summed E-state index contributed by atoms with van der Waals surface area (Å²) in [5.74, 6) is 0. The van der Waals surface area contributed by atoms with Gasteiger partial charge in [-0.1, -0.05) is 46.3 Å². The van der Waals surface area contributed by atoms with Crippen molar-refractivity contribution in [3.63, 3.8) is 0 Å². The molecule has 3 rings (SSSR count). The summed E-state index contributed by atoms with van der Waals surface area (Å²) < 4.78 is 1.03. The van der Waals surface area contributed by atoms with Crippen LogP contribution in [0.25, 0.3) is 10.9 Å². The van der Waals surface area contributed by atoms with Crippen molar-refractivity contribution in [1.82, 2.24) is 14.8 Å². The van der Waals surface area contributed by atoms with Crippen LogP contribution in [0.15, 0.2) is 65.3 Å². The molecule has 5 nitrogen and oxygen atoms in total. The van der Waals surface area contributed by atoms with E-state index in [0.29, 0.717) is 13.1 Å². The van der Waals surface area contributed by atoms with E-state index >= 15 is 0 Å². The molecule has 0 spiro atoms. The Hall–Kier alpha value is -2.44. The first kappa shape index (κ1) is 19.3. The highest BCUT2D eigenvalue weighted by atomic mass is 79.9. The second kappa shape index (κ2) is 8.97. The standard InChI is InChI=1S/C21H23BrN4O/c1-25(2)13-14-26(15-16-8-10-18(22)11-9-16)21(27)24-19-7-3-5-17-6-4-12-23-20(17)19/h3-12H,13-15H2,1-2H3,(H,24,27). The molecule has 140 valence electrons. The van der Waals surface area contributed by atoms with Gasteiger partial charge in [-0.05, 0) is 43.9 Å². The topological polar surface area (TPSA) is 48.5 Å². The molecule has 0 fully saturated rings. The van der Waals surface area contributed by atoms with Crippen molar-refractivity contribution in [2.75, 3.05) is 32.5 Å². The number of anilines is 1. The van der Waals surface area contributed by atoms with Crippen LogP contribution in [0.1, 0.15) is 5.56 Å². The molecule has 0 aliphatic rings. The Bertz CT molecular complexity index is 906. The number of carbonyl (C=O) groups excluding carboxylic acids is 1. The first-order chi connectivity index (χ1) is 13.0. The molecule has 0 saturated heterocycles. The molecule has 2 amide bonds. The predicted octanol–water partition coefficient (Wildman–Crippen LogP) is 4.59. The third-order valence-corrected chi connectivity index (χ3v) is 4.79. The van der Waals surface area contributed by atoms with E-state index in [9.17, 15) is 4.79 Å². The highest BCUT2D eigenvalue weighted by Gasteiger charge is 2.16. The molecule has 0 radical (unpaired) electrons. The molecule has 1 heterocycles. The highest BCUT2D eigenvalue weighted by molar-refractivity contribution is 9.10. The van der Waals surface area contributed by atoms with Crippen molar-refractivity contribution in [3.05, 3.63) is 70.8 Å². The van der Waals surface area contributed by atoms with E-state index in [0.717, 1.165) is 33.2 Å². The number of carbonyl (C=O) groups is 1. The average Bonchev–Trinajstić information content (AvgIpc) is 2.66. The number of likely N-dealkylation sites (N-methyl/N-ethyl adjacent to an activating group) is 1. The summed E-state index contributed by atoms with van der Waals surface area (Å²) in [6.07, 6.45) is 1.74. The van der Waals surface area contributed by atoms with Gasteiger partial charge in [-0.2, -0.15) is 0 Å². The minimum atomic E-state index is -0.127. The van der Waals surface area contributed by atoms with Gasteiger partial charge in [-0.15, -0.1) is 0 Å². The number of aromatic nitrogens is 1. The predicted molar refractivity (Wildman–Crippen MR) is 114 cm³/mol. The Labute approximate surface area is 168 Å². The zero-order chi connectivity index (χ0) is 19.2. The van der Waals surface area contributed by atoms with E-state index in [2.05, 4.69) is 31.1 Å². The molecule has 1 aromatic heterocycles. The molecule has 0 bridgehead atoms. The second-order valence-electron chi connectivity index (χ2n) is 6.66.